The summed E-state index contributed by atoms with van der Waals surface area (Å²) in [6, 6.07) is 23.1. The first-order valence-corrected chi connectivity index (χ1v) is 18.4. The van der Waals surface area contributed by atoms with Gasteiger partial charge in [-0.15, -0.1) is 0 Å². The van der Waals surface area contributed by atoms with Gasteiger partial charge in [-0.25, -0.2) is 9.97 Å². The lowest BCUT2D eigenvalue weighted by Crippen LogP contribution is -2.60. The summed E-state index contributed by atoms with van der Waals surface area (Å²) in [6.07, 6.45) is 3.86. The van der Waals surface area contributed by atoms with Crippen LogP contribution < -0.4 is 19.9 Å². The Morgan fingerprint density at radius 1 is 0.852 bits per heavy atom. The number of benzene rings is 3. The van der Waals surface area contributed by atoms with E-state index >= 15 is 0 Å². The fourth-order valence-electron chi connectivity index (χ4n) is 8.18. The van der Waals surface area contributed by atoms with E-state index in [1.807, 2.05) is 18.2 Å². The molecule has 12 heteroatoms. The van der Waals surface area contributed by atoms with E-state index in [0.29, 0.717) is 16.8 Å². The number of aromatic nitrogens is 2. The molecule has 0 radical (unpaired) electrons. The van der Waals surface area contributed by atoms with E-state index in [-0.39, 0.29) is 47.8 Å². The highest BCUT2D eigenvalue weighted by atomic mass is 16.5. The zero-order chi connectivity index (χ0) is 37.8. The van der Waals surface area contributed by atoms with E-state index in [1.54, 1.807) is 24.4 Å². The third kappa shape index (κ3) is 6.39. The van der Waals surface area contributed by atoms with Crippen LogP contribution in [0.2, 0.25) is 0 Å². The average molecular weight is 727 g/mol. The van der Waals surface area contributed by atoms with E-state index in [0.717, 1.165) is 55.4 Å². The first kappa shape index (κ1) is 35.1. The molecule has 3 aromatic carbocycles. The van der Waals surface area contributed by atoms with Gasteiger partial charge in [-0.05, 0) is 78.9 Å². The molecule has 8 rings (SSSR count). The third-order valence-corrected chi connectivity index (χ3v) is 11.6. The summed E-state index contributed by atoms with van der Waals surface area (Å²) < 4.78 is 5.93. The highest BCUT2D eigenvalue weighted by Gasteiger charge is 2.47. The van der Waals surface area contributed by atoms with E-state index in [2.05, 4.69) is 75.3 Å². The number of piperidine rings is 2. The number of carbonyl (C=O) groups excluding carboxylic acids is 5. The van der Waals surface area contributed by atoms with Gasteiger partial charge in [0.1, 0.15) is 18.4 Å². The number of carbonyl (C=O) groups is 5. The van der Waals surface area contributed by atoms with Crippen molar-refractivity contribution in [1.82, 2.24) is 20.2 Å². The fourth-order valence-corrected chi connectivity index (χ4v) is 8.18. The monoisotopic (exact) mass is 726 g/mol. The Hall–Kier alpha value is -5.91. The number of ketones is 1. The van der Waals surface area contributed by atoms with Crippen molar-refractivity contribution < 1.29 is 28.7 Å². The molecule has 1 spiro atoms. The van der Waals surface area contributed by atoms with Crippen molar-refractivity contribution in [2.45, 2.75) is 64.5 Å². The predicted octanol–water partition coefficient (Wildman–Crippen LogP) is 5.09. The molecular formula is C42H42N6O6. The average Bonchev–Trinajstić information content (AvgIpc) is 3.41. The number of anilines is 2. The molecule has 54 heavy (non-hydrogen) atoms. The van der Waals surface area contributed by atoms with E-state index in [9.17, 15) is 24.0 Å². The Morgan fingerprint density at radius 2 is 1.50 bits per heavy atom. The molecule has 4 aliphatic rings. The maximum absolute atomic E-state index is 13.3. The van der Waals surface area contributed by atoms with Gasteiger partial charge < -0.3 is 14.5 Å². The van der Waals surface area contributed by atoms with Crippen LogP contribution in [-0.4, -0.2) is 76.5 Å². The van der Waals surface area contributed by atoms with Gasteiger partial charge in [0.05, 0.1) is 16.8 Å². The zero-order valence-corrected chi connectivity index (χ0v) is 30.6. The van der Waals surface area contributed by atoms with Gasteiger partial charge in [0, 0.05) is 67.9 Å². The topological polar surface area (TPSA) is 142 Å². The van der Waals surface area contributed by atoms with E-state index in [4.69, 9.17) is 4.74 Å². The van der Waals surface area contributed by atoms with Crippen LogP contribution in [0, 0.1) is 5.41 Å². The number of Topliss-reactive ketones (excluding diaryl/α,β-unsaturated/α-hetero) is 1. The first-order chi connectivity index (χ1) is 25.9. The number of hydrogen-bond donors (Lipinski definition) is 1. The second-order valence-corrected chi connectivity index (χ2v) is 15.4. The van der Waals surface area contributed by atoms with Crippen LogP contribution >= 0.6 is 0 Å². The van der Waals surface area contributed by atoms with Crippen LogP contribution in [0.3, 0.4) is 0 Å². The Bertz CT molecular complexity index is 2170. The number of amides is 4. The summed E-state index contributed by atoms with van der Waals surface area (Å²) in [5.41, 5.74) is 5.79. The van der Waals surface area contributed by atoms with Crippen molar-refractivity contribution in [3.63, 3.8) is 0 Å². The van der Waals surface area contributed by atoms with Crippen molar-refractivity contribution in [1.29, 1.82) is 0 Å². The largest absolute Gasteiger partial charge is 0.487 e. The summed E-state index contributed by atoms with van der Waals surface area (Å²) in [7, 11) is 0. The minimum atomic E-state index is -0.968. The number of imide groups is 2. The smallest absolute Gasteiger partial charge is 0.262 e. The van der Waals surface area contributed by atoms with E-state index in [1.165, 1.54) is 23.7 Å². The quantitative estimate of drug-likeness (QED) is 0.183. The van der Waals surface area contributed by atoms with Gasteiger partial charge in [0.25, 0.3) is 11.8 Å². The molecule has 0 saturated carbocycles. The Balaban J connectivity index is 0.846. The molecule has 12 nitrogen and oxygen atoms in total. The van der Waals surface area contributed by atoms with Crippen LogP contribution in [-0.2, 0) is 21.6 Å². The lowest BCUT2D eigenvalue weighted by atomic mass is 9.71. The van der Waals surface area contributed by atoms with Crippen molar-refractivity contribution in [2.75, 3.05) is 36.0 Å². The summed E-state index contributed by atoms with van der Waals surface area (Å²) in [5.74, 6) is -1.22. The molecule has 4 aromatic rings. The summed E-state index contributed by atoms with van der Waals surface area (Å²) in [6.45, 7) is 9.82. The lowest BCUT2D eigenvalue weighted by molar-refractivity contribution is -0.136. The van der Waals surface area contributed by atoms with Crippen molar-refractivity contribution >= 4 is 40.8 Å². The van der Waals surface area contributed by atoms with Crippen LogP contribution in [0.5, 0.6) is 5.75 Å². The molecule has 5 heterocycles. The van der Waals surface area contributed by atoms with Crippen LogP contribution in [0.1, 0.15) is 94.6 Å². The molecule has 3 fully saturated rings. The third-order valence-electron chi connectivity index (χ3n) is 11.6. The van der Waals surface area contributed by atoms with Gasteiger partial charge in [0.15, 0.2) is 11.6 Å². The maximum atomic E-state index is 13.3. The van der Waals surface area contributed by atoms with Crippen molar-refractivity contribution in [2.24, 2.45) is 5.41 Å². The molecule has 4 aliphatic heterocycles. The lowest BCUT2D eigenvalue weighted by Gasteiger charge is -2.55. The highest BCUT2D eigenvalue weighted by Crippen LogP contribution is 2.44. The highest BCUT2D eigenvalue weighted by molar-refractivity contribution is 6.23. The zero-order valence-electron chi connectivity index (χ0n) is 30.6. The number of nitrogens with one attached hydrogen (secondary N) is 1. The minimum Gasteiger partial charge on any atom is -0.487 e. The van der Waals surface area contributed by atoms with Crippen LogP contribution in [0.15, 0.2) is 79.0 Å². The molecule has 276 valence electrons. The van der Waals surface area contributed by atoms with Gasteiger partial charge >= 0.3 is 0 Å². The first-order valence-electron chi connectivity index (χ1n) is 18.4. The van der Waals surface area contributed by atoms with Crippen LogP contribution in [0.25, 0.3) is 0 Å². The maximum Gasteiger partial charge on any atom is 0.262 e. The normalized spacial score (nSPS) is 19.5. The Kier molecular flexibility index (Phi) is 8.78. The molecule has 3 saturated heterocycles. The molecule has 4 amide bonds. The number of rotatable bonds is 9. The molecule has 1 aromatic heterocycles. The summed E-state index contributed by atoms with van der Waals surface area (Å²) in [4.78, 5) is 76.1. The molecular weight excluding hydrogens is 684 g/mol. The SMILES string of the molecule is CC(=O)c1nccc(COc2ccc(C(C)(C)c3ccc(N4CC5(CCN(c6ccc7c(c6)C(=O)N(C6CCC(=O)NC6=O)C7=O)CC5)C4)cc3)cc2)n1. The molecule has 1 unspecified atom stereocenters. The Labute approximate surface area is 313 Å². The summed E-state index contributed by atoms with van der Waals surface area (Å²) in [5, 5.41) is 2.25. The van der Waals surface area contributed by atoms with Crippen molar-refractivity contribution in [3.05, 3.63) is 113 Å². The predicted molar refractivity (Wildman–Crippen MR) is 201 cm³/mol. The number of nitrogens with zero attached hydrogens (tertiary/aromatic N) is 5. The van der Waals surface area contributed by atoms with Gasteiger partial charge in [-0.2, -0.15) is 0 Å². The standard InChI is InChI=1S/C42H42N6O6/c1-26(49)37-43-19-16-29(44-37)23-54-32-11-6-28(7-12-32)41(2,3)27-4-8-30(9-5-27)47-24-42(25-47)17-20-46(21-18-42)31-10-13-33-34(22-31)40(53)48(39(33)52)35-14-15-36(50)45-38(35)51/h4-13,16,19,22,35H,14-15,17-18,20-21,23-25H2,1-3H3,(H,45,50,51). The second-order valence-electron chi connectivity index (χ2n) is 15.4. The molecule has 1 N–H and O–H groups in total. The minimum absolute atomic E-state index is 0.0955. The number of hydrogen-bond acceptors (Lipinski definition) is 10. The van der Waals surface area contributed by atoms with E-state index < -0.39 is 23.8 Å². The van der Waals surface area contributed by atoms with Gasteiger partial charge in [-0.3, -0.25) is 34.2 Å². The number of fused-ring (bicyclic) bond motifs is 1. The molecule has 1 atom stereocenters. The Morgan fingerprint density at radius 3 is 2.17 bits per heavy atom. The van der Waals surface area contributed by atoms with Crippen molar-refractivity contribution in [3.8, 4) is 5.75 Å². The van der Waals surface area contributed by atoms with Gasteiger partial charge in [-0.1, -0.05) is 38.1 Å². The van der Waals surface area contributed by atoms with Gasteiger partial charge in [0.2, 0.25) is 11.8 Å². The fraction of sp³-hybridized carbons (Fsp3) is 0.357. The summed E-state index contributed by atoms with van der Waals surface area (Å²) >= 11 is 0. The number of ether oxygens (including phenoxy) is 1. The molecule has 0 aliphatic carbocycles. The van der Waals surface area contributed by atoms with Crippen LogP contribution in [0.4, 0.5) is 11.4 Å². The molecule has 0 bridgehead atoms. The second kappa shape index (κ2) is 13.5.